The highest BCUT2D eigenvalue weighted by atomic mass is 32.2. The van der Waals surface area contributed by atoms with Gasteiger partial charge in [0.05, 0.1) is 0 Å². The van der Waals surface area contributed by atoms with Crippen LogP contribution in [0.2, 0.25) is 0 Å². The Balaban J connectivity index is 1.73. The first-order valence-corrected chi connectivity index (χ1v) is 9.84. The van der Waals surface area contributed by atoms with Gasteiger partial charge in [0.15, 0.2) is 10.8 Å². The van der Waals surface area contributed by atoms with E-state index in [9.17, 15) is 0 Å². The number of para-hydroxylation sites is 2. The Labute approximate surface area is 154 Å². The summed E-state index contributed by atoms with van der Waals surface area (Å²) in [4.78, 5) is 11.2. The number of aliphatic imine (C=N–C) groups is 1. The fraction of sp³-hybridized carbons (Fsp3) is 0.450. The molecular weight excluding hydrogens is 330 g/mol. The van der Waals surface area contributed by atoms with E-state index < -0.39 is 0 Å². The average molecular weight is 356 g/mol. The first-order valence-electron chi connectivity index (χ1n) is 9.02. The van der Waals surface area contributed by atoms with Gasteiger partial charge in [-0.25, -0.2) is 4.99 Å². The molecule has 1 fully saturated rings. The Bertz CT molecular complexity index is 758. The first-order chi connectivity index (χ1) is 12.1. The number of likely N-dealkylation sites (N-methyl/N-ethyl adjacent to an activating group) is 1. The molecule has 1 aromatic carbocycles. The van der Waals surface area contributed by atoms with Crippen molar-refractivity contribution >= 4 is 23.3 Å². The molecule has 0 aromatic heterocycles. The smallest absolute Gasteiger partial charge is 0.172 e. The summed E-state index contributed by atoms with van der Waals surface area (Å²) in [7, 11) is 2.18. The highest BCUT2D eigenvalue weighted by Gasteiger charge is 2.30. The zero-order chi connectivity index (χ0) is 17.4. The number of rotatable bonds is 1. The number of piperazine rings is 1. The van der Waals surface area contributed by atoms with Crippen LogP contribution in [-0.2, 0) is 0 Å². The molecule has 3 aliphatic rings. The molecule has 1 aromatic rings. The summed E-state index contributed by atoms with van der Waals surface area (Å²) in [6.45, 7) is 8.66. The molecule has 3 heterocycles. The van der Waals surface area contributed by atoms with E-state index in [0.29, 0.717) is 5.92 Å². The van der Waals surface area contributed by atoms with Gasteiger partial charge in [-0.05, 0) is 36.4 Å². The fourth-order valence-corrected chi connectivity index (χ4v) is 4.36. The minimum atomic E-state index is 0.519. The molecule has 0 unspecified atom stereocenters. The number of benzene rings is 1. The summed E-state index contributed by atoms with van der Waals surface area (Å²) >= 11 is 1.77. The van der Waals surface area contributed by atoms with Crippen molar-refractivity contribution in [2.75, 3.05) is 33.2 Å². The Morgan fingerprint density at radius 3 is 2.64 bits per heavy atom. The fourth-order valence-electron chi connectivity index (χ4n) is 3.31. The minimum Gasteiger partial charge on any atom is -0.447 e. The Hall–Kier alpha value is -1.72. The van der Waals surface area contributed by atoms with Gasteiger partial charge in [0, 0.05) is 31.8 Å². The predicted molar refractivity (Wildman–Crippen MR) is 105 cm³/mol. The molecule has 0 radical (unpaired) electrons. The van der Waals surface area contributed by atoms with Crippen LogP contribution >= 0.6 is 11.8 Å². The molecule has 0 bridgehead atoms. The molecule has 0 aliphatic carbocycles. The lowest BCUT2D eigenvalue weighted by molar-refractivity contribution is 0.215. The Kier molecular flexibility index (Phi) is 4.61. The molecule has 0 atom stereocenters. The first kappa shape index (κ1) is 16.7. The van der Waals surface area contributed by atoms with Gasteiger partial charge in [-0.2, -0.15) is 0 Å². The van der Waals surface area contributed by atoms with Crippen LogP contribution in [0.3, 0.4) is 0 Å². The lowest BCUT2D eigenvalue weighted by Gasteiger charge is -2.35. The van der Waals surface area contributed by atoms with Gasteiger partial charge in [-0.15, -0.1) is 0 Å². The summed E-state index contributed by atoms with van der Waals surface area (Å²) in [6, 6.07) is 8.11. The summed E-state index contributed by atoms with van der Waals surface area (Å²) in [5.74, 6) is 2.47. The molecular formula is C20H25N3OS. The van der Waals surface area contributed by atoms with E-state index in [1.165, 1.54) is 10.5 Å². The van der Waals surface area contributed by atoms with E-state index >= 15 is 0 Å². The van der Waals surface area contributed by atoms with E-state index in [0.717, 1.165) is 55.0 Å². The predicted octanol–water partition coefficient (Wildman–Crippen LogP) is 4.24. The number of fused-ring (bicyclic) bond motifs is 1. The van der Waals surface area contributed by atoms with E-state index in [2.05, 4.69) is 36.8 Å². The normalized spacial score (nSPS) is 21.2. The molecule has 25 heavy (non-hydrogen) atoms. The van der Waals surface area contributed by atoms with Crippen LogP contribution in [-0.4, -0.2) is 48.9 Å². The lowest BCUT2D eigenvalue weighted by Crippen LogP contribution is -2.47. The topological polar surface area (TPSA) is 28.1 Å². The zero-order valence-electron chi connectivity index (χ0n) is 15.2. The number of amidine groups is 1. The van der Waals surface area contributed by atoms with Gasteiger partial charge in [-0.1, -0.05) is 43.8 Å². The molecule has 0 amide bonds. The van der Waals surface area contributed by atoms with E-state index in [4.69, 9.17) is 9.73 Å². The second-order valence-electron chi connectivity index (χ2n) is 7.13. The molecule has 3 aliphatic heterocycles. The van der Waals surface area contributed by atoms with Crippen molar-refractivity contribution in [1.29, 1.82) is 0 Å². The maximum Gasteiger partial charge on any atom is 0.172 e. The SMILES string of the molecule is CC(C)C1=CCC2=C(Oc3ccccc3N=C2N2CCN(C)CC2)S1. The van der Waals surface area contributed by atoms with E-state index in [1.807, 2.05) is 24.3 Å². The third-order valence-electron chi connectivity index (χ3n) is 4.90. The van der Waals surface area contributed by atoms with Crippen LogP contribution in [0.15, 0.2) is 50.9 Å². The van der Waals surface area contributed by atoms with Gasteiger partial charge in [0.25, 0.3) is 0 Å². The van der Waals surface area contributed by atoms with Crippen molar-refractivity contribution in [3.63, 3.8) is 0 Å². The maximum absolute atomic E-state index is 6.33. The van der Waals surface area contributed by atoms with Crippen molar-refractivity contribution in [2.24, 2.45) is 10.9 Å². The molecule has 4 rings (SSSR count). The van der Waals surface area contributed by atoms with Crippen molar-refractivity contribution in [3.05, 3.63) is 45.9 Å². The minimum absolute atomic E-state index is 0.519. The number of nitrogens with zero attached hydrogens (tertiary/aromatic N) is 3. The Morgan fingerprint density at radius 2 is 1.88 bits per heavy atom. The molecule has 1 saturated heterocycles. The number of hydrogen-bond acceptors (Lipinski definition) is 5. The highest BCUT2D eigenvalue weighted by Crippen LogP contribution is 2.44. The summed E-state index contributed by atoms with van der Waals surface area (Å²) in [5.41, 5.74) is 2.16. The maximum atomic E-state index is 6.33. The second kappa shape index (κ2) is 6.89. The van der Waals surface area contributed by atoms with Crippen molar-refractivity contribution in [1.82, 2.24) is 9.80 Å². The van der Waals surface area contributed by atoms with Gasteiger partial charge in [0.2, 0.25) is 0 Å². The van der Waals surface area contributed by atoms with Gasteiger partial charge in [0.1, 0.15) is 11.5 Å². The van der Waals surface area contributed by atoms with E-state index in [-0.39, 0.29) is 0 Å². The molecule has 0 spiro atoms. The summed E-state index contributed by atoms with van der Waals surface area (Å²) < 4.78 is 6.33. The number of thioether (sulfide) groups is 1. The number of hydrogen-bond donors (Lipinski definition) is 0. The van der Waals surface area contributed by atoms with Crippen LogP contribution in [0.1, 0.15) is 20.3 Å². The monoisotopic (exact) mass is 355 g/mol. The summed E-state index contributed by atoms with van der Waals surface area (Å²) in [5, 5.41) is 1.01. The highest BCUT2D eigenvalue weighted by molar-refractivity contribution is 8.06. The quantitative estimate of drug-likeness (QED) is 0.753. The Morgan fingerprint density at radius 1 is 1.12 bits per heavy atom. The van der Waals surface area contributed by atoms with Crippen LogP contribution in [0.4, 0.5) is 5.69 Å². The zero-order valence-corrected chi connectivity index (χ0v) is 16.0. The van der Waals surface area contributed by atoms with Crippen LogP contribution in [0.5, 0.6) is 5.75 Å². The van der Waals surface area contributed by atoms with Crippen LogP contribution < -0.4 is 4.74 Å². The molecule has 132 valence electrons. The number of ether oxygens (including phenoxy) is 1. The number of allylic oxidation sites excluding steroid dienone is 2. The summed E-state index contributed by atoms with van der Waals surface area (Å²) in [6.07, 6.45) is 3.24. The van der Waals surface area contributed by atoms with Crippen molar-refractivity contribution < 1.29 is 4.74 Å². The van der Waals surface area contributed by atoms with Crippen LogP contribution in [0, 0.1) is 5.92 Å². The lowest BCUT2D eigenvalue weighted by atomic mass is 10.1. The molecule has 0 N–H and O–H groups in total. The average Bonchev–Trinajstić information content (AvgIpc) is 2.78. The van der Waals surface area contributed by atoms with Gasteiger partial charge in [-0.3, -0.25) is 0 Å². The van der Waals surface area contributed by atoms with Crippen molar-refractivity contribution in [3.8, 4) is 5.75 Å². The molecule has 0 saturated carbocycles. The van der Waals surface area contributed by atoms with E-state index in [1.54, 1.807) is 11.8 Å². The van der Waals surface area contributed by atoms with Gasteiger partial charge >= 0.3 is 0 Å². The standard InChI is InChI=1S/C20H25N3OS/c1-14(2)18-9-8-15-19(23-12-10-22(3)11-13-23)21-16-6-4-5-7-17(16)24-20(15)25-18/h4-7,9,14H,8,10-13H2,1-3H3. The third kappa shape index (κ3) is 3.35. The van der Waals surface area contributed by atoms with Crippen molar-refractivity contribution in [2.45, 2.75) is 20.3 Å². The van der Waals surface area contributed by atoms with Crippen LogP contribution in [0.25, 0.3) is 0 Å². The largest absolute Gasteiger partial charge is 0.447 e. The molecule has 4 nitrogen and oxygen atoms in total. The third-order valence-corrected chi connectivity index (χ3v) is 6.29. The van der Waals surface area contributed by atoms with Gasteiger partial charge < -0.3 is 14.5 Å². The molecule has 5 heteroatoms. The second-order valence-corrected chi connectivity index (χ2v) is 8.18.